The third-order valence-electron chi connectivity index (χ3n) is 5.56. The predicted molar refractivity (Wildman–Crippen MR) is 123 cm³/mol. The van der Waals surface area contributed by atoms with E-state index in [1.54, 1.807) is 0 Å². The van der Waals surface area contributed by atoms with Gasteiger partial charge in [-0.05, 0) is 23.6 Å². The van der Waals surface area contributed by atoms with Crippen molar-refractivity contribution in [3.05, 3.63) is 114 Å². The SMILES string of the molecule is C=C(C[Si](C)(C)c1ccccc1)[C@@H](C[C@@H](O)c1ccccc1)c1ccccc1. The fourth-order valence-corrected chi connectivity index (χ4v) is 6.62. The van der Waals surface area contributed by atoms with E-state index in [4.69, 9.17) is 0 Å². The van der Waals surface area contributed by atoms with Gasteiger partial charge in [0.1, 0.15) is 0 Å². The standard InChI is InChI=1S/C26H30OSi/c1-21(20-28(2,3)24-17-11-6-12-18-24)25(22-13-7-4-8-14-22)19-26(27)23-15-9-5-10-16-23/h4-18,25-27H,1,19-20H2,2-3H3/t25-,26-/m1/s1. The van der Waals surface area contributed by atoms with Gasteiger partial charge in [-0.25, -0.2) is 0 Å². The molecule has 1 N–H and O–H groups in total. The minimum atomic E-state index is -1.65. The molecule has 0 aromatic heterocycles. The van der Waals surface area contributed by atoms with Gasteiger partial charge in [0.05, 0.1) is 14.2 Å². The summed E-state index contributed by atoms with van der Waals surface area (Å²) in [7, 11) is -1.65. The molecule has 3 aromatic rings. The average Bonchev–Trinajstić information content (AvgIpc) is 2.73. The Labute approximate surface area is 170 Å². The smallest absolute Gasteiger partial charge is 0.0846 e. The first-order valence-corrected chi connectivity index (χ1v) is 13.2. The molecule has 0 bridgehead atoms. The number of rotatable bonds is 8. The Morgan fingerprint density at radius 1 is 0.786 bits per heavy atom. The van der Waals surface area contributed by atoms with Gasteiger partial charge in [0.15, 0.2) is 0 Å². The molecule has 0 aliphatic rings. The van der Waals surface area contributed by atoms with Gasteiger partial charge in [0.2, 0.25) is 0 Å². The van der Waals surface area contributed by atoms with E-state index >= 15 is 0 Å². The number of hydrogen-bond donors (Lipinski definition) is 1. The lowest BCUT2D eigenvalue weighted by Crippen LogP contribution is -2.41. The van der Waals surface area contributed by atoms with Crippen LogP contribution in [0.5, 0.6) is 0 Å². The van der Waals surface area contributed by atoms with Gasteiger partial charge in [-0.1, -0.05) is 121 Å². The third kappa shape index (κ3) is 5.09. The van der Waals surface area contributed by atoms with Crippen LogP contribution < -0.4 is 5.19 Å². The van der Waals surface area contributed by atoms with Crippen molar-refractivity contribution in [2.75, 3.05) is 0 Å². The van der Waals surface area contributed by atoms with E-state index in [0.717, 1.165) is 11.6 Å². The summed E-state index contributed by atoms with van der Waals surface area (Å²) in [4.78, 5) is 0. The van der Waals surface area contributed by atoms with Crippen molar-refractivity contribution in [3.63, 3.8) is 0 Å². The molecular weight excluding hydrogens is 356 g/mol. The molecule has 3 aromatic carbocycles. The van der Waals surface area contributed by atoms with Gasteiger partial charge >= 0.3 is 0 Å². The van der Waals surface area contributed by atoms with Gasteiger partial charge in [-0.3, -0.25) is 0 Å². The van der Waals surface area contributed by atoms with Gasteiger partial charge in [0.25, 0.3) is 0 Å². The summed E-state index contributed by atoms with van der Waals surface area (Å²) >= 11 is 0. The Hall–Kier alpha value is -2.42. The molecule has 0 amide bonds. The van der Waals surface area contributed by atoms with Crippen LogP contribution in [0.2, 0.25) is 19.1 Å². The van der Waals surface area contributed by atoms with Crippen LogP contribution in [-0.2, 0) is 0 Å². The van der Waals surface area contributed by atoms with Crippen molar-refractivity contribution in [2.45, 2.75) is 37.6 Å². The van der Waals surface area contributed by atoms with Crippen LogP contribution in [0.15, 0.2) is 103 Å². The highest BCUT2D eigenvalue weighted by Crippen LogP contribution is 2.36. The summed E-state index contributed by atoms with van der Waals surface area (Å²) in [5.74, 6) is 0.145. The second-order valence-corrected chi connectivity index (χ2v) is 12.9. The first-order chi connectivity index (χ1) is 13.5. The number of aliphatic hydroxyl groups is 1. The van der Waals surface area contributed by atoms with Crippen molar-refractivity contribution in [2.24, 2.45) is 0 Å². The highest BCUT2D eigenvalue weighted by atomic mass is 28.3. The molecule has 0 radical (unpaired) electrons. The Kier molecular flexibility index (Phi) is 6.66. The fraction of sp³-hybridized carbons (Fsp3) is 0.231. The lowest BCUT2D eigenvalue weighted by Gasteiger charge is -2.29. The zero-order valence-corrected chi connectivity index (χ0v) is 17.9. The molecule has 0 unspecified atom stereocenters. The van der Waals surface area contributed by atoms with Crippen molar-refractivity contribution in [1.82, 2.24) is 0 Å². The molecule has 0 aliphatic heterocycles. The maximum absolute atomic E-state index is 10.9. The largest absolute Gasteiger partial charge is 0.388 e. The molecule has 2 atom stereocenters. The van der Waals surface area contributed by atoms with Crippen LogP contribution in [0.4, 0.5) is 0 Å². The van der Waals surface area contributed by atoms with Crippen molar-refractivity contribution >= 4 is 13.3 Å². The molecule has 0 fully saturated rings. The lowest BCUT2D eigenvalue weighted by molar-refractivity contribution is 0.161. The third-order valence-corrected chi connectivity index (χ3v) is 8.80. The summed E-state index contributed by atoms with van der Waals surface area (Å²) in [5.41, 5.74) is 3.43. The molecular formula is C26H30OSi. The highest BCUT2D eigenvalue weighted by molar-refractivity contribution is 6.90. The lowest BCUT2D eigenvalue weighted by atomic mass is 9.86. The van der Waals surface area contributed by atoms with Crippen molar-refractivity contribution < 1.29 is 5.11 Å². The van der Waals surface area contributed by atoms with E-state index in [1.165, 1.54) is 16.3 Å². The van der Waals surface area contributed by atoms with E-state index < -0.39 is 14.2 Å². The minimum Gasteiger partial charge on any atom is -0.388 e. The van der Waals surface area contributed by atoms with Gasteiger partial charge in [-0.15, -0.1) is 0 Å². The van der Waals surface area contributed by atoms with Crippen LogP contribution in [0.25, 0.3) is 0 Å². The Morgan fingerprint density at radius 2 is 1.25 bits per heavy atom. The molecule has 144 valence electrons. The molecule has 0 heterocycles. The number of benzene rings is 3. The van der Waals surface area contributed by atoms with E-state index in [-0.39, 0.29) is 5.92 Å². The van der Waals surface area contributed by atoms with E-state index in [2.05, 4.69) is 74.3 Å². The number of aliphatic hydroxyl groups excluding tert-OH is 1. The van der Waals surface area contributed by atoms with Crippen LogP contribution in [0.3, 0.4) is 0 Å². The van der Waals surface area contributed by atoms with Crippen LogP contribution >= 0.6 is 0 Å². The van der Waals surface area contributed by atoms with Gasteiger partial charge in [-0.2, -0.15) is 0 Å². The summed E-state index contributed by atoms with van der Waals surface area (Å²) in [6.07, 6.45) is 0.163. The van der Waals surface area contributed by atoms with Gasteiger partial charge in [0, 0.05) is 5.92 Å². The molecule has 1 nitrogen and oxygen atoms in total. The van der Waals surface area contributed by atoms with Crippen LogP contribution in [0.1, 0.15) is 29.6 Å². The zero-order valence-electron chi connectivity index (χ0n) is 16.9. The summed E-state index contributed by atoms with van der Waals surface area (Å²) in [5, 5.41) is 12.3. The summed E-state index contributed by atoms with van der Waals surface area (Å²) < 4.78 is 0. The quantitative estimate of drug-likeness (QED) is 0.368. The maximum Gasteiger partial charge on any atom is 0.0846 e. The first-order valence-electron chi connectivity index (χ1n) is 9.98. The predicted octanol–water partition coefficient (Wildman–Crippen LogP) is 6.07. The summed E-state index contributed by atoms with van der Waals surface area (Å²) in [6.45, 7) is 9.32. The molecule has 0 aliphatic carbocycles. The topological polar surface area (TPSA) is 20.2 Å². The van der Waals surface area contributed by atoms with E-state index in [9.17, 15) is 5.11 Å². The second kappa shape index (κ2) is 9.18. The zero-order chi connectivity index (χ0) is 20.0. The minimum absolute atomic E-state index is 0.145. The monoisotopic (exact) mass is 386 g/mol. The Morgan fingerprint density at radius 3 is 1.79 bits per heavy atom. The molecule has 0 spiro atoms. The Bertz CT molecular complexity index is 872. The highest BCUT2D eigenvalue weighted by Gasteiger charge is 2.28. The number of hydrogen-bond acceptors (Lipinski definition) is 1. The van der Waals surface area contributed by atoms with Gasteiger partial charge < -0.3 is 5.11 Å². The van der Waals surface area contributed by atoms with E-state index in [1.807, 2.05) is 36.4 Å². The molecule has 0 saturated carbocycles. The summed E-state index contributed by atoms with van der Waals surface area (Å²) in [6, 6.07) is 32.3. The van der Waals surface area contributed by atoms with Crippen LogP contribution in [-0.4, -0.2) is 13.2 Å². The number of allylic oxidation sites excluding steroid dienone is 1. The van der Waals surface area contributed by atoms with Crippen molar-refractivity contribution in [1.29, 1.82) is 0 Å². The Balaban J connectivity index is 1.83. The average molecular weight is 387 g/mol. The molecule has 2 heteroatoms. The molecule has 0 saturated heterocycles. The fourth-order valence-electron chi connectivity index (χ4n) is 3.94. The second-order valence-electron chi connectivity index (χ2n) is 8.21. The van der Waals surface area contributed by atoms with E-state index in [0.29, 0.717) is 6.42 Å². The van der Waals surface area contributed by atoms with Crippen molar-refractivity contribution in [3.8, 4) is 0 Å². The normalized spacial score (nSPS) is 13.7. The van der Waals surface area contributed by atoms with Crippen LogP contribution in [0, 0.1) is 0 Å². The first kappa shape index (κ1) is 20.3. The molecule has 3 rings (SSSR count). The maximum atomic E-state index is 10.9. The molecule has 28 heavy (non-hydrogen) atoms.